The molecule has 0 aliphatic carbocycles. The first kappa shape index (κ1) is 45.2. The normalized spacial score (nSPS) is 21.0. The van der Waals surface area contributed by atoms with Crippen molar-refractivity contribution in [3.63, 3.8) is 0 Å². The molecule has 354 valence electrons. The van der Waals surface area contributed by atoms with Crippen LogP contribution in [0.3, 0.4) is 0 Å². The average Bonchev–Trinajstić information content (AvgIpc) is 4.01. The van der Waals surface area contributed by atoms with Crippen LogP contribution in [-0.4, -0.2) is 139 Å². The van der Waals surface area contributed by atoms with Crippen molar-refractivity contribution < 1.29 is 45.6 Å². The van der Waals surface area contributed by atoms with E-state index >= 15 is 8.78 Å². The second kappa shape index (κ2) is 17.5. The Morgan fingerprint density at radius 3 is 2.18 bits per heavy atom. The highest BCUT2D eigenvalue weighted by Crippen LogP contribution is 2.35. The number of imide groups is 2. The number of hydrogen-bond acceptors (Lipinski definition) is 11. The maximum Gasteiger partial charge on any atom is 0.304 e. The van der Waals surface area contributed by atoms with E-state index in [0.717, 1.165) is 97.4 Å². The number of carbonyl (C=O) groups is 5. The number of alkyl halides is 1. The van der Waals surface area contributed by atoms with Crippen LogP contribution in [0, 0.1) is 11.6 Å². The summed E-state index contributed by atoms with van der Waals surface area (Å²) in [5.74, 6) is -5.59. The van der Waals surface area contributed by atoms with Gasteiger partial charge in [0.15, 0.2) is 5.82 Å². The molecule has 4 fully saturated rings. The molecule has 5 aromatic rings. The number of nitrogens with zero attached hydrogens (tertiary/aromatic N) is 8. The molecule has 1 N–H and O–H groups in total. The fourth-order valence-corrected chi connectivity index (χ4v) is 11.7. The molecule has 2 atom stereocenters. The highest BCUT2D eigenvalue weighted by Gasteiger charge is 2.45. The van der Waals surface area contributed by atoms with Gasteiger partial charge in [0.05, 0.1) is 22.4 Å². The molecule has 4 saturated heterocycles. The molecule has 20 heteroatoms. The van der Waals surface area contributed by atoms with Crippen LogP contribution in [0.4, 0.5) is 30.2 Å². The standard InChI is InChI=1S/C48H48F3N9O7S/c1-54-27-37(44(62)42-38(50)9-10-39(43(42)51)55(2)68(66,67)59-18-13-30(49)26-59)35-23-29(25-52-45(35)54)28-3-5-31(6-4-28)57-19-21-58(22-20-57)32-14-16-56(17-15-32)33-7-8-34-36(24-33)48(65)60(47(34)64)40-11-12-41(61)53-46(40)63/h3-10,23-25,27,30,32,40H,11-22,26H2,1-2H3,(H,53,61,63)/t30-,40?/m1/s1. The van der Waals surface area contributed by atoms with E-state index in [-0.39, 0.29) is 49.0 Å². The summed E-state index contributed by atoms with van der Waals surface area (Å²) in [4.78, 5) is 77.4. The number of rotatable bonds is 10. The lowest BCUT2D eigenvalue weighted by Gasteiger charge is -2.44. The maximum atomic E-state index is 16.1. The Kier molecular flexibility index (Phi) is 11.6. The number of benzene rings is 3. The number of nitrogens with one attached hydrogen (secondary N) is 1. The van der Waals surface area contributed by atoms with Crippen LogP contribution in [0.5, 0.6) is 0 Å². The Morgan fingerprint density at radius 2 is 1.49 bits per heavy atom. The topological polar surface area (TPSA) is 169 Å². The van der Waals surface area contributed by atoms with Crippen molar-refractivity contribution >= 4 is 67.7 Å². The van der Waals surface area contributed by atoms with E-state index in [4.69, 9.17) is 0 Å². The Labute approximate surface area is 390 Å². The summed E-state index contributed by atoms with van der Waals surface area (Å²) in [6.45, 7) is 4.46. The van der Waals surface area contributed by atoms with Gasteiger partial charge in [-0.3, -0.25) is 43.4 Å². The third-order valence-corrected chi connectivity index (χ3v) is 16.0. The van der Waals surface area contributed by atoms with Crippen molar-refractivity contribution in [1.82, 2.24) is 29.0 Å². The number of halogens is 3. The third-order valence-electron chi connectivity index (χ3n) is 14.1. The molecule has 2 aromatic heterocycles. The lowest BCUT2D eigenvalue weighted by Crippen LogP contribution is -2.54. The smallest absolute Gasteiger partial charge is 0.304 e. The maximum absolute atomic E-state index is 16.1. The van der Waals surface area contributed by atoms with Crippen molar-refractivity contribution in [2.24, 2.45) is 7.05 Å². The van der Waals surface area contributed by atoms with Crippen molar-refractivity contribution in [3.05, 3.63) is 107 Å². The summed E-state index contributed by atoms with van der Waals surface area (Å²) >= 11 is 0. The summed E-state index contributed by atoms with van der Waals surface area (Å²) < 4.78 is 74.9. The minimum absolute atomic E-state index is 0.00254. The van der Waals surface area contributed by atoms with Crippen LogP contribution in [0.15, 0.2) is 73.1 Å². The molecular weight excluding hydrogens is 904 g/mol. The summed E-state index contributed by atoms with van der Waals surface area (Å²) in [5.41, 5.74) is 2.83. The number of carbonyl (C=O) groups excluding carboxylic acids is 5. The summed E-state index contributed by atoms with van der Waals surface area (Å²) in [6.07, 6.45) is 3.77. The van der Waals surface area contributed by atoms with Crippen molar-refractivity contribution in [2.45, 2.75) is 50.4 Å². The van der Waals surface area contributed by atoms with E-state index in [9.17, 15) is 36.8 Å². The molecule has 4 amide bonds. The number of hydrogen-bond donors (Lipinski definition) is 1. The van der Waals surface area contributed by atoms with Gasteiger partial charge < -0.3 is 14.4 Å². The lowest BCUT2D eigenvalue weighted by molar-refractivity contribution is -0.136. The third kappa shape index (κ3) is 7.86. The molecule has 0 spiro atoms. The van der Waals surface area contributed by atoms with Gasteiger partial charge in [-0.25, -0.2) is 18.2 Å². The molecule has 10 rings (SSSR count). The van der Waals surface area contributed by atoms with Crippen LogP contribution in [0.1, 0.15) is 68.7 Å². The van der Waals surface area contributed by atoms with E-state index < -0.39 is 74.7 Å². The fourth-order valence-electron chi connectivity index (χ4n) is 10.3. The van der Waals surface area contributed by atoms with Crippen LogP contribution < -0.4 is 19.4 Å². The zero-order chi connectivity index (χ0) is 47.8. The van der Waals surface area contributed by atoms with Gasteiger partial charge in [-0.2, -0.15) is 12.7 Å². The number of fused-ring (bicyclic) bond motifs is 2. The number of amides is 4. The zero-order valence-corrected chi connectivity index (χ0v) is 38.1. The molecule has 68 heavy (non-hydrogen) atoms. The molecule has 5 aliphatic rings. The molecule has 0 radical (unpaired) electrons. The first-order valence-corrected chi connectivity index (χ1v) is 24.0. The summed E-state index contributed by atoms with van der Waals surface area (Å²) in [7, 11) is -1.63. The number of aryl methyl sites for hydroxylation is 1. The van der Waals surface area contributed by atoms with E-state index in [2.05, 4.69) is 25.0 Å². The summed E-state index contributed by atoms with van der Waals surface area (Å²) in [6, 6.07) is 16.1. The van der Waals surface area contributed by atoms with Gasteiger partial charge in [0.2, 0.25) is 17.6 Å². The molecule has 0 saturated carbocycles. The Bertz CT molecular complexity index is 3020. The van der Waals surface area contributed by atoms with E-state index in [1.165, 1.54) is 6.20 Å². The summed E-state index contributed by atoms with van der Waals surface area (Å²) in [5, 5.41) is 2.59. The minimum atomic E-state index is -4.37. The minimum Gasteiger partial charge on any atom is -0.371 e. The van der Waals surface area contributed by atoms with Crippen LogP contribution in [0.25, 0.3) is 22.2 Å². The predicted molar refractivity (Wildman–Crippen MR) is 246 cm³/mol. The molecule has 7 heterocycles. The van der Waals surface area contributed by atoms with E-state index in [1.807, 2.05) is 30.3 Å². The zero-order valence-electron chi connectivity index (χ0n) is 37.3. The highest BCUT2D eigenvalue weighted by atomic mass is 32.2. The number of pyridine rings is 1. The molecule has 5 aliphatic heterocycles. The molecule has 16 nitrogen and oxygen atoms in total. The van der Waals surface area contributed by atoms with Gasteiger partial charge in [0, 0.05) is 119 Å². The monoisotopic (exact) mass is 951 g/mol. The quantitative estimate of drug-likeness (QED) is 0.153. The van der Waals surface area contributed by atoms with Gasteiger partial charge in [-0.1, -0.05) is 12.1 Å². The first-order chi connectivity index (χ1) is 32.6. The number of aromatic nitrogens is 2. The predicted octanol–water partition coefficient (Wildman–Crippen LogP) is 4.67. The van der Waals surface area contributed by atoms with Gasteiger partial charge in [0.1, 0.15) is 23.7 Å². The SMILES string of the molecule is CN(c1ccc(F)c(C(=O)c2cn(C)c3ncc(-c4ccc(N5CCN(C6CCN(c7ccc8c(c7)C(=O)N(C7CCC(=O)NC7=O)C8=O)CC6)CC5)cc4)cc23)c1F)S(=O)(=O)N1CC[C@@H](F)C1. The van der Waals surface area contributed by atoms with Crippen LogP contribution in [-0.2, 0) is 26.8 Å². The second-order valence-electron chi connectivity index (χ2n) is 18.0. The van der Waals surface area contributed by atoms with Crippen LogP contribution >= 0.6 is 0 Å². The van der Waals surface area contributed by atoms with Crippen molar-refractivity contribution in [2.75, 3.05) is 73.5 Å². The number of piperazine rings is 1. The molecular formula is C48H48F3N9O7S. The Morgan fingerprint density at radius 1 is 0.794 bits per heavy atom. The van der Waals surface area contributed by atoms with Gasteiger partial charge >= 0.3 is 10.2 Å². The van der Waals surface area contributed by atoms with E-state index in [1.54, 1.807) is 36.0 Å². The average molecular weight is 952 g/mol. The van der Waals surface area contributed by atoms with Gasteiger partial charge in [-0.15, -0.1) is 0 Å². The largest absolute Gasteiger partial charge is 0.371 e. The fraction of sp³-hybridized carbons (Fsp3) is 0.375. The van der Waals surface area contributed by atoms with E-state index in [0.29, 0.717) is 26.9 Å². The Hall–Kier alpha value is -6.64. The first-order valence-electron chi connectivity index (χ1n) is 22.6. The molecule has 1 unspecified atom stereocenters. The van der Waals surface area contributed by atoms with Crippen LogP contribution in [0.2, 0.25) is 0 Å². The highest BCUT2D eigenvalue weighted by molar-refractivity contribution is 7.90. The lowest BCUT2D eigenvalue weighted by atomic mass is 9.99. The number of anilines is 3. The van der Waals surface area contributed by atoms with Crippen molar-refractivity contribution in [3.8, 4) is 11.1 Å². The van der Waals surface area contributed by atoms with Gasteiger partial charge in [0.25, 0.3) is 11.8 Å². The Balaban J connectivity index is 0.771. The number of piperidine rings is 2. The molecule has 3 aromatic carbocycles. The molecule has 0 bridgehead atoms. The number of ketones is 1. The second-order valence-corrected chi connectivity index (χ2v) is 20.0. The van der Waals surface area contributed by atoms with Gasteiger partial charge in [-0.05, 0) is 79.8 Å². The van der Waals surface area contributed by atoms with Crippen molar-refractivity contribution in [1.29, 1.82) is 0 Å².